The first-order valence-corrected chi connectivity index (χ1v) is 26.8. The van der Waals surface area contributed by atoms with E-state index in [0.717, 1.165) is 99.9 Å². The second kappa shape index (κ2) is 17.4. The number of hydrogen-bond acceptors (Lipinski definition) is 3. The van der Waals surface area contributed by atoms with Gasteiger partial charge in [0.05, 0.1) is 11.1 Å². The summed E-state index contributed by atoms with van der Waals surface area (Å²) in [6.45, 7) is 0. The molecule has 14 aromatic rings. The normalized spacial score (nSPS) is 12.8. The van der Waals surface area contributed by atoms with Crippen molar-refractivity contribution >= 4 is 60.5 Å². The number of anilines is 3. The summed E-state index contributed by atoms with van der Waals surface area (Å²) in [5.41, 5.74) is 21.1. The van der Waals surface area contributed by atoms with Crippen molar-refractivity contribution in [3.63, 3.8) is 0 Å². The lowest BCUT2D eigenvalue weighted by atomic mass is 9.65. The van der Waals surface area contributed by atoms with Crippen LogP contribution < -0.4 is 9.64 Å². The fraction of sp³-hybridized carbons (Fsp3) is 0.0133. The van der Waals surface area contributed by atoms with Crippen LogP contribution in [0.15, 0.2) is 290 Å². The summed E-state index contributed by atoms with van der Waals surface area (Å²) in [7, 11) is 0. The Morgan fingerprint density at radius 3 is 1.41 bits per heavy atom. The maximum absolute atomic E-state index is 7.21. The first kappa shape index (κ1) is 44.1. The van der Waals surface area contributed by atoms with Gasteiger partial charge >= 0.3 is 0 Å². The predicted molar refractivity (Wildman–Crippen MR) is 323 cm³/mol. The van der Waals surface area contributed by atoms with Crippen LogP contribution in [-0.4, -0.2) is 0 Å². The van der Waals surface area contributed by atoms with Gasteiger partial charge in [-0.15, -0.1) is 0 Å². The van der Waals surface area contributed by atoms with E-state index in [9.17, 15) is 0 Å². The monoisotopic (exact) mass is 993 g/mol. The Labute approximate surface area is 452 Å². The average molecular weight is 994 g/mol. The highest BCUT2D eigenvalue weighted by atomic mass is 16.5. The summed E-state index contributed by atoms with van der Waals surface area (Å²) in [6, 6.07) is 104. The zero-order chi connectivity index (χ0) is 51.3. The fourth-order valence-corrected chi connectivity index (χ4v) is 12.9. The number of benzene rings is 13. The van der Waals surface area contributed by atoms with Gasteiger partial charge in [0, 0.05) is 49.6 Å². The Morgan fingerprint density at radius 2 is 0.744 bits per heavy atom. The molecule has 0 radical (unpaired) electrons. The van der Waals surface area contributed by atoms with Gasteiger partial charge in [0.15, 0.2) is 0 Å². The van der Waals surface area contributed by atoms with Crippen molar-refractivity contribution in [1.82, 2.24) is 0 Å². The maximum Gasteiger partial charge on any atom is 0.140 e. The van der Waals surface area contributed by atoms with E-state index in [2.05, 4.69) is 278 Å². The van der Waals surface area contributed by atoms with Gasteiger partial charge in [0.1, 0.15) is 22.7 Å². The molecule has 13 aromatic carbocycles. The van der Waals surface area contributed by atoms with Crippen LogP contribution in [0.1, 0.15) is 22.3 Å². The van der Waals surface area contributed by atoms with E-state index >= 15 is 0 Å². The van der Waals surface area contributed by atoms with Crippen molar-refractivity contribution in [2.24, 2.45) is 0 Å². The number of para-hydroxylation sites is 2. The van der Waals surface area contributed by atoms with Crippen molar-refractivity contribution in [2.75, 3.05) is 4.90 Å². The molecule has 0 saturated carbocycles. The van der Waals surface area contributed by atoms with Crippen molar-refractivity contribution in [3.8, 4) is 67.1 Å². The molecule has 1 aliphatic carbocycles. The van der Waals surface area contributed by atoms with E-state index in [1.54, 1.807) is 0 Å². The highest BCUT2D eigenvalue weighted by Gasteiger charge is 2.52. The Kier molecular flexibility index (Phi) is 9.85. The van der Waals surface area contributed by atoms with Crippen molar-refractivity contribution in [2.45, 2.75) is 5.41 Å². The van der Waals surface area contributed by atoms with Crippen LogP contribution in [0.25, 0.3) is 99.1 Å². The van der Waals surface area contributed by atoms with Gasteiger partial charge in [0.2, 0.25) is 0 Å². The summed E-state index contributed by atoms with van der Waals surface area (Å²) in [5.74, 6) is 1.85. The standard InChI is InChI=1S/C75H47NO2/c1-2-14-52(15-3-1)59-18-9-12-24-70(59)76(58-40-32-51(33-41-58)55-37-45-72-65(46-55)64-22-10-13-25-71(64)77-72)57-38-30-49(31-39-57)48-26-28-50(29-27-48)56-34-42-63-62-21-8-11-23-66(62)75(69(63)47-56)67-43-35-53-16-4-6-19-60(53)73(67)78-74-61-20-7-5-17-54(61)36-44-68(74)75/h1-47H. The van der Waals surface area contributed by atoms with Crippen molar-refractivity contribution < 1.29 is 9.15 Å². The molecule has 2 aliphatic rings. The summed E-state index contributed by atoms with van der Waals surface area (Å²) in [6.07, 6.45) is 0. The molecule has 1 aromatic heterocycles. The number of fused-ring (bicyclic) bond motifs is 16. The molecule has 2 heterocycles. The van der Waals surface area contributed by atoms with E-state index in [1.807, 2.05) is 12.1 Å². The van der Waals surface area contributed by atoms with Crippen LogP contribution in [0.2, 0.25) is 0 Å². The molecule has 0 atom stereocenters. The first-order valence-electron chi connectivity index (χ1n) is 26.8. The first-order chi connectivity index (χ1) is 38.7. The van der Waals surface area contributed by atoms with Crippen molar-refractivity contribution in [1.29, 1.82) is 0 Å². The second-order valence-corrected chi connectivity index (χ2v) is 20.7. The van der Waals surface area contributed by atoms with Crippen LogP contribution >= 0.6 is 0 Å². The van der Waals surface area contributed by atoms with Gasteiger partial charge in [-0.05, 0) is 127 Å². The summed E-state index contributed by atoms with van der Waals surface area (Å²) in [5, 5.41) is 6.81. The number of hydrogen-bond donors (Lipinski definition) is 0. The van der Waals surface area contributed by atoms with Gasteiger partial charge in [-0.1, -0.05) is 231 Å². The minimum atomic E-state index is -0.608. The summed E-state index contributed by atoms with van der Waals surface area (Å²) < 4.78 is 13.4. The van der Waals surface area contributed by atoms with Crippen LogP contribution in [0.4, 0.5) is 17.1 Å². The van der Waals surface area contributed by atoms with Crippen LogP contribution in [-0.2, 0) is 5.41 Å². The summed E-state index contributed by atoms with van der Waals surface area (Å²) in [4.78, 5) is 2.38. The van der Waals surface area contributed by atoms with Gasteiger partial charge in [-0.25, -0.2) is 0 Å². The Bertz CT molecular complexity index is 4600. The lowest BCUT2D eigenvalue weighted by Gasteiger charge is -2.40. The minimum Gasteiger partial charge on any atom is -0.456 e. The number of furan rings is 1. The maximum atomic E-state index is 7.21. The third-order valence-electron chi connectivity index (χ3n) is 16.6. The number of ether oxygens (including phenoxy) is 1. The van der Waals surface area contributed by atoms with E-state index < -0.39 is 5.41 Å². The molecule has 0 bridgehead atoms. The van der Waals surface area contributed by atoms with Crippen LogP contribution in [0.5, 0.6) is 11.5 Å². The SMILES string of the molecule is c1ccc(-c2ccccc2N(c2ccc(-c3ccc(-c4ccc5c(c4)C4(c6ccccc6-5)c5ccc6ccccc6c5Oc5c4ccc4ccccc54)cc3)cc2)c2ccc(-c3ccc4oc5ccccc5c4c3)cc2)cc1. The molecule has 0 saturated heterocycles. The van der Waals surface area contributed by atoms with E-state index in [4.69, 9.17) is 9.15 Å². The van der Waals surface area contributed by atoms with Gasteiger partial charge in [0.25, 0.3) is 0 Å². The van der Waals surface area contributed by atoms with E-state index in [1.165, 1.54) is 50.1 Å². The summed E-state index contributed by atoms with van der Waals surface area (Å²) >= 11 is 0. The molecular weight excluding hydrogens is 947 g/mol. The third kappa shape index (κ3) is 6.71. The molecule has 1 spiro atoms. The molecule has 0 unspecified atom stereocenters. The van der Waals surface area contributed by atoms with Gasteiger partial charge < -0.3 is 14.1 Å². The Balaban J connectivity index is 0.770. The molecule has 78 heavy (non-hydrogen) atoms. The quantitative estimate of drug-likeness (QED) is 0.159. The fourth-order valence-electron chi connectivity index (χ4n) is 12.9. The zero-order valence-electron chi connectivity index (χ0n) is 42.4. The van der Waals surface area contributed by atoms with Crippen LogP contribution in [0, 0.1) is 0 Å². The highest BCUT2D eigenvalue weighted by Crippen LogP contribution is 2.64. The zero-order valence-corrected chi connectivity index (χ0v) is 42.4. The average Bonchev–Trinajstić information content (AvgIpc) is 3.81. The molecule has 3 heteroatoms. The molecule has 16 rings (SSSR count). The highest BCUT2D eigenvalue weighted by molar-refractivity contribution is 6.06. The molecule has 3 nitrogen and oxygen atoms in total. The van der Waals surface area contributed by atoms with Gasteiger partial charge in [-0.3, -0.25) is 0 Å². The van der Waals surface area contributed by atoms with Crippen LogP contribution in [0.3, 0.4) is 0 Å². The van der Waals surface area contributed by atoms with E-state index in [-0.39, 0.29) is 0 Å². The smallest absolute Gasteiger partial charge is 0.140 e. The number of nitrogens with zero attached hydrogens (tertiary/aromatic N) is 1. The molecule has 0 fully saturated rings. The molecule has 0 amide bonds. The predicted octanol–water partition coefficient (Wildman–Crippen LogP) is 20.5. The third-order valence-corrected chi connectivity index (χ3v) is 16.6. The Hall–Kier alpha value is -10.2. The molecular formula is C75H47NO2. The lowest BCUT2D eigenvalue weighted by molar-refractivity contribution is 0.447. The largest absolute Gasteiger partial charge is 0.456 e. The number of rotatable bonds is 7. The Morgan fingerprint density at radius 1 is 0.269 bits per heavy atom. The second-order valence-electron chi connectivity index (χ2n) is 20.7. The minimum absolute atomic E-state index is 0.608. The molecule has 364 valence electrons. The molecule has 0 N–H and O–H groups in total. The van der Waals surface area contributed by atoms with Crippen molar-refractivity contribution in [3.05, 3.63) is 307 Å². The lowest BCUT2D eigenvalue weighted by Crippen LogP contribution is -2.32. The molecule has 1 aliphatic heterocycles. The topological polar surface area (TPSA) is 25.6 Å². The van der Waals surface area contributed by atoms with E-state index in [0.29, 0.717) is 0 Å². The van der Waals surface area contributed by atoms with Gasteiger partial charge in [-0.2, -0.15) is 0 Å².